The number of hydrogen-bond acceptors (Lipinski definition) is 6. The summed E-state index contributed by atoms with van der Waals surface area (Å²) in [6.45, 7) is 15.3. The largest absolute Gasteiger partial charge is 0.493 e. The summed E-state index contributed by atoms with van der Waals surface area (Å²) < 4.78 is 13.6. The number of hydrogen-bond donors (Lipinski definition) is 0. The minimum absolute atomic E-state index is 0.0829. The number of aromatic nitrogens is 2. The Balaban J connectivity index is 0.000000655. The number of rotatable bonds is 8. The van der Waals surface area contributed by atoms with Crippen LogP contribution in [0, 0.1) is 0 Å². The van der Waals surface area contributed by atoms with E-state index in [0.29, 0.717) is 28.5 Å². The van der Waals surface area contributed by atoms with Crippen molar-refractivity contribution >= 4 is 27.6 Å². The molecular formula is C28H39N3O3S. The van der Waals surface area contributed by atoms with E-state index < -0.39 is 0 Å². The van der Waals surface area contributed by atoms with Crippen LogP contribution in [0.1, 0.15) is 51.8 Å². The van der Waals surface area contributed by atoms with Crippen LogP contribution in [0.4, 0.5) is 0 Å². The lowest BCUT2D eigenvalue weighted by atomic mass is 10.2. The van der Waals surface area contributed by atoms with Gasteiger partial charge in [0.2, 0.25) is 0 Å². The quantitative estimate of drug-likeness (QED) is 0.329. The van der Waals surface area contributed by atoms with Gasteiger partial charge in [0.05, 0.1) is 18.3 Å². The van der Waals surface area contributed by atoms with Gasteiger partial charge in [0, 0.05) is 17.5 Å². The molecular weight excluding hydrogens is 458 g/mol. The van der Waals surface area contributed by atoms with E-state index in [4.69, 9.17) is 9.47 Å². The molecule has 0 amide bonds. The number of nitrogens with zero attached hydrogens (tertiary/aromatic N) is 3. The van der Waals surface area contributed by atoms with Crippen molar-refractivity contribution in [1.82, 2.24) is 14.5 Å². The third-order valence-electron chi connectivity index (χ3n) is 5.37. The Bertz CT molecular complexity index is 1140. The first-order valence-electron chi connectivity index (χ1n) is 12.4. The number of allylic oxidation sites excluding steroid dienone is 2. The van der Waals surface area contributed by atoms with E-state index in [0.717, 1.165) is 36.4 Å². The molecule has 0 aliphatic carbocycles. The molecule has 0 N–H and O–H groups in total. The van der Waals surface area contributed by atoms with E-state index in [1.165, 1.54) is 24.2 Å². The lowest BCUT2D eigenvalue weighted by Crippen LogP contribution is -2.25. The Hall–Kier alpha value is -2.90. The highest BCUT2D eigenvalue weighted by molar-refractivity contribution is 7.19. The van der Waals surface area contributed by atoms with Crippen LogP contribution in [0.25, 0.3) is 22.0 Å². The fraction of sp³-hybridized carbons (Fsp3) is 0.429. The molecule has 3 aromatic rings. The van der Waals surface area contributed by atoms with Crippen molar-refractivity contribution in [2.24, 2.45) is 0 Å². The molecule has 1 aromatic carbocycles. The normalized spacial score (nSPS) is 13.2. The van der Waals surface area contributed by atoms with Crippen LogP contribution in [0.2, 0.25) is 0 Å². The Labute approximate surface area is 213 Å². The molecule has 1 saturated heterocycles. The monoisotopic (exact) mass is 497 g/mol. The maximum Gasteiger partial charge on any atom is 0.275 e. The Morgan fingerprint density at radius 1 is 1.17 bits per heavy atom. The van der Waals surface area contributed by atoms with Crippen LogP contribution in [0.15, 0.2) is 54.1 Å². The Morgan fingerprint density at radius 3 is 2.51 bits per heavy atom. The average Bonchev–Trinajstić information content (AvgIpc) is 3.56. The highest BCUT2D eigenvalue weighted by Gasteiger charge is 2.14. The molecule has 1 fully saturated rings. The fourth-order valence-electron chi connectivity index (χ4n) is 3.58. The molecule has 0 bridgehead atoms. The van der Waals surface area contributed by atoms with Crippen molar-refractivity contribution < 1.29 is 9.47 Å². The van der Waals surface area contributed by atoms with Crippen molar-refractivity contribution in [1.29, 1.82) is 0 Å². The maximum atomic E-state index is 13.0. The van der Waals surface area contributed by atoms with Crippen LogP contribution in [0.5, 0.6) is 11.5 Å². The predicted molar refractivity (Wildman–Crippen MR) is 149 cm³/mol. The molecule has 6 nitrogen and oxygen atoms in total. The highest BCUT2D eigenvalue weighted by Crippen LogP contribution is 2.30. The molecule has 3 heterocycles. The number of benzene rings is 1. The first-order chi connectivity index (χ1) is 17.1. The first-order valence-corrected chi connectivity index (χ1v) is 13.2. The molecule has 1 aliphatic heterocycles. The second kappa shape index (κ2) is 15.2. The van der Waals surface area contributed by atoms with Crippen molar-refractivity contribution in [3.63, 3.8) is 0 Å². The lowest BCUT2D eigenvalue weighted by Gasteiger charge is -2.17. The predicted octanol–water partition coefficient (Wildman–Crippen LogP) is 6.57. The zero-order chi connectivity index (χ0) is 25.6. The van der Waals surface area contributed by atoms with Gasteiger partial charge in [-0.05, 0) is 63.6 Å². The molecule has 4 rings (SSSR count). The van der Waals surface area contributed by atoms with Gasteiger partial charge in [-0.1, -0.05) is 32.9 Å². The van der Waals surface area contributed by atoms with Gasteiger partial charge in [-0.15, -0.1) is 17.9 Å². The van der Waals surface area contributed by atoms with Crippen LogP contribution >= 0.6 is 11.3 Å². The van der Waals surface area contributed by atoms with Crippen molar-refractivity contribution in [2.45, 2.75) is 47.0 Å². The number of likely N-dealkylation sites (tertiary alicyclic amines) is 1. The summed E-state index contributed by atoms with van der Waals surface area (Å²) in [5, 5.41) is 0. The zero-order valence-corrected chi connectivity index (χ0v) is 22.6. The van der Waals surface area contributed by atoms with E-state index in [1.807, 2.05) is 63.3 Å². The van der Waals surface area contributed by atoms with Gasteiger partial charge in [-0.25, -0.2) is 4.98 Å². The van der Waals surface area contributed by atoms with Crippen molar-refractivity contribution in [3.05, 3.63) is 64.6 Å². The minimum Gasteiger partial charge on any atom is -0.493 e. The summed E-state index contributed by atoms with van der Waals surface area (Å²) in [6.07, 6.45) is 11.0. The van der Waals surface area contributed by atoms with Gasteiger partial charge in [-0.3, -0.25) is 14.3 Å². The minimum atomic E-state index is -0.0829. The molecule has 2 aromatic heterocycles. The van der Waals surface area contributed by atoms with Gasteiger partial charge in [0.15, 0.2) is 11.5 Å². The Morgan fingerprint density at radius 2 is 1.89 bits per heavy atom. The molecule has 0 radical (unpaired) electrons. The summed E-state index contributed by atoms with van der Waals surface area (Å²) in [5.74, 6) is 1.29. The van der Waals surface area contributed by atoms with Gasteiger partial charge in [0.25, 0.3) is 5.56 Å². The van der Waals surface area contributed by atoms with Crippen molar-refractivity contribution in [3.8, 4) is 17.2 Å². The zero-order valence-electron chi connectivity index (χ0n) is 21.8. The van der Waals surface area contributed by atoms with E-state index in [1.54, 1.807) is 18.0 Å². The summed E-state index contributed by atoms with van der Waals surface area (Å²) >= 11 is 1.45. The second-order valence-electron chi connectivity index (χ2n) is 7.71. The molecule has 0 saturated carbocycles. The molecule has 0 spiro atoms. The summed E-state index contributed by atoms with van der Waals surface area (Å²) in [6, 6.07) is 7.47. The molecule has 190 valence electrons. The van der Waals surface area contributed by atoms with Crippen LogP contribution in [-0.2, 0) is 0 Å². The standard InChI is InChI=1S/C22H25N3O3S.C4H8.C2H6/c1-3-6-17-14-18-21(29-17)22(26)25(15-23-18)16-7-8-19(20(13-16)27-2)28-12-11-24-9-4-5-10-24;1-3-4-2;1-2/h3,6-8,13-15H,4-5,9-12H2,1-2H3;3H,1,4H2,2H3;1-2H3/b6-3+;;. The highest BCUT2D eigenvalue weighted by atomic mass is 32.1. The number of fused-ring (bicyclic) bond motifs is 1. The topological polar surface area (TPSA) is 56.6 Å². The lowest BCUT2D eigenvalue weighted by molar-refractivity contribution is 0.230. The van der Waals surface area contributed by atoms with Gasteiger partial charge in [-0.2, -0.15) is 0 Å². The van der Waals surface area contributed by atoms with E-state index in [-0.39, 0.29) is 5.56 Å². The third kappa shape index (κ3) is 7.80. The smallest absolute Gasteiger partial charge is 0.275 e. The number of methoxy groups -OCH3 is 1. The second-order valence-corrected chi connectivity index (χ2v) is 8.80. The van der Waals surface area contributed by atoms with Crippen molar-refractivity contribution in [2.75, 3.05) is 33.4 Å². The third-order valence-corrected chi connectivity index (χ3v) is 6.44. The van der Waals surface area contributed by atoms with Crippen LogP contribution in [0.3, 0.4) is 0 Å². The number of ether oxygens (including phenoxy) is 2. The van der Waals surface area contributed by atoms with Crippen LogP contribution < -0.4 is 15.0 Å². The fourth-order valence-corrected chi connectivity index (χ4v) is 4.59. The number of thiophene rings is 1. The summed E-state index contributed by atoms with van der Waals surface area (Å²) in [4.78, 5) is 20.9. The first kappa shape index (κ1) is 28.3. The molecule has 0 unspecified atom stereocenters. The molecule has 7 heteroatoms. The Kier molecular flexibility index (Phi) is 12.3. The van der Waals surface area contributed by atoms with Gasteiger partial charge >= 0.3 is 0 Å². The molecule has 35 heavy (non-hydrogen) atoms. The summed E-state index contributed by atoms with van der Waals surface area (Å²) in [5.41, 5.74) is 1.34. The van der Waals surface area contributed by atoms with E-state index in [9.17, 15) is 4.79 Å². The van der Waals surface area contributed by atoms with E-state index >= 15 is 0 Å². The van der Waals surface area contributed by atoms with E-state index in [2.05, 4.69) is 23.4 Å². The SMILES string of the molecule is C/C=C/c1cc2ncn(-c3ccc(OCCN4CCCC4)c(OC)c3)c(=O)c2s1.C=CCC.CC. The van der Waals surface area contributed by atoms with Crippen LogP contribution in [-0.4, -0.2) is 47.8 Å². The van der Waals surface area contributed by atoms with Gasteiger partial charge in [0.1, 0.15) is 17.6 Å². The average molecular weight is 498 g/mol. The summed E-state index contributed by atoms with van der Waals surface area (Å²) in [7, 11) is 1.61. The molecule has 0 atom stereocenters. The molecule has 1 aliphatic rings. The van der Waals surface area contributed by atoms with Gasteiger partial charge < -0.3 is 9.47 Å². The maximum absolute atomic E-state index is 13.0.